The molecular weight excluding hydrogens is 182 g/mol. The molecule has 0 saturated heterocycles. The zero-order valence-corrected chi connectivity index (χ0v) is 9.63. The third kappa shape index (κ3) is 2.60. The van der Waals surface area contributed by atoms with E-state index in [2.05, 4.69) is 31.2 Å². The van der Waals surface area contributed by atoms with Gasteiger partial charge in [-0.3, -0.25) is 0 Å². The van der Waals surface area contributed by atoms with E-state index in [0.29, 0.717) is 5.41 Å². The first-order valence-corrected chi connectivity index (χ1v) is 6.06. The minimum Gasteiger partial charge on any atom is -0.330 e. The van der Waals surface area contributed by atoms with Gasteiger partial charge < -0.3 is 5.73 Å². The van der Waals surface area contributed by atoms with E-state index in [4.69, 9.17) is 5.73 Å². The minimum absolute atomic E-state index is 0.465. The number of benzene rings is 1. The topological polar surface area (TPSA) is 26.0 Å². The summed E-state index contributed by atoms with van der Waals surface area (Å²) in [5, 5.41) is 0. The molecule has 1 saturated carbocycles. The quantitative estimate of drug-likeness (QED) is 0.782. The summed E-state index contributed by atoms with van der Waals surface area (Å²) >= 11 is 0. The Balaban J connectivity index is 1.98. The van der Waals surface area contributed by atoms with Gasteiger partial charge in [-0.1, -0.05) is 37.6 Å². The number of rotatable bonds is 5. The Hall–Kier alpha value is -0.820. The second-order valence-electron chi connectivity index (χ2n) is 4.95. The Morgan fingerprint density at radius 2 is 1.73 bits per heavy atom. The molecule has 1 fully saturated rings. The van der Waals surface area contributed by atoms with Crippen LogP contribution in [0.4, 0.5) is 0 Å². The van der Waals surface area contributed by atoms with Crippen LogP contribution in [0.1, 0.15) is 37.3 Å². The van der Waals surface area contributed by atoms with Gasteiger partial charge in [0.05, 0.1) is 0 Å². The molecule has 1 aliphatic carbocycles. The monoisotopic (exact) mass is 203 g/mol. The molecule has 1 aliphatic rings. The van der Waals surface area contributed by atoms with Crippen molar-refractivity contribution in [3.05, 3.63) is 35.4 Å². The fourth-order valence-corrected chi connectivity index (χ4v) is 2.18. The van der Waals surface area contributed by atoms with Crippen LogP contribution in [0.5, 0.6) is 0 Å². The molecule has 0 bridgehead atoms. The van der Waals surface area contributed by atoms with Gasteiger partial charge in [0, 0.05) is 0 Å². The number of nitrogens with two attached hydrogens (primary N) is 1. The largest absolute Gasteiger partial charge is 0.330 e. The molecule has 2 rings (SSSR count). The van der Waals surface area contributed by atoms with Crippen LogP contribution in [-0.4, -0.2) is 6.54 Å². The lowest BCUT2D eigenvalue weighted by molar-refractivity contribution is 0.521. The van der Waals surface area contributed by atoms with E-state index in [-0.39, 0.29) is 0 Å². The molecule has 15 heavy (non-hydrogen) atoms. The van der Waals surface area contributed by atoms with Gasteiger partial charge in [-0.05, 0) is 48.8 Å². The van der Waals surface area contributed by atoms with E-state index in [1.807, 2.05) is 0 Å². The van der Waals surface area contributed by atoms with Gasteiger partial charge in [0.1, 0.15) is 0 Å². The predicted molar refractivity (Wildman–Crippen MR) is 64.9 cm³/mol. The van der Waals surface area contributed by atoms with Crippen LogP contribution in [0.2, 0.25) is 0 Å². The third-order valence-corrected chi connectivity index (χ3v) is 3.53. The van der Waals surface area contributed by atoms with Crippen molar-refractivity contribution in [2.45, 2.75) is 39.0 Å². The zero-order valence-electron chi connectivity index (χ0n) is 9.63. The van der Waals surface area contributed by atoms with Crippen LogP contribution in [0.3, 0.4) is 0 Å². The van der Waals surface area contributed by atoms with Crippen molar-refractivity contribution in [3.63, 3.8) is 0 Å². The Kier molecular flexibility index (Phi) is 3.11. The molecule has 0 heterocycles. The van der Waals surface area contributed by atoms with E-state index in [1.165, 1.54) is 43.2 Å². The molecule has 0 unspecified atom stereocenters. The summed E-state index contributed by atoms with van der Waals surface area (Å²) in [6.07, 6.45) is 6.24. The maximum Gasteiger partial charge on any atom is -0.00173 e. The molecule has 0 spiro atoms. The van der Waals surface area contributed by atoms with Gasteiger partial charge in [0.15, 0.2) is 0 Å². The van der Waals surface area contributed by atoms with Gasteiger partial charge in [0.25, 0.3) is 0 Å². The van der Waals surface area contributed by atoms with E-state index in [0.717, 1.165) is 6.54 Å². The zero-order chi connectivity index (χ0) is 10.7. The number of hydrogen-bond acceptors (Lipinski definition) is 1. The van der Waals surface area contributed by atoms with Crippen LogP contribution in [0.25, 0.3) is 0 Å². The fraction of sp³-hybridized carbons (Fsp3) is 0.571. The molecule has 0 aliphatic heterocycles. The highest BCUT2D eigenvalue weighted by Gasteiger charge is 2.40. The summed E-state index contributed by atoms with van der Waals surface area (Å²) < 4.78 is 0. The van der Waals surface area contributed by atoms with Crippen LogP contribution in [0, 0.1) is 5.41 Å². The summed E-state index contributed by atoms with van der Waals surface area (Å²) in [5.41, 5.74) is 9.17. The van der Waals surface area contributed by atoms with E-state index < -0.39 is 0 Å². The second-order valence-corrected chi connectivity index (χ2v) is 4.95. The van der Waals surface area contributed by atoms with Gasteiger partial charge in [0.2, 0.25) is 0 Å². The molecule has 0 atom stereocenters. The lowest BCUT2D eigenvalue weighted by Gasteiger charge is -2.12. The highest BCUT2D eigenvalue weighted by Crippen LogP contribution is 2.47. The fourth-order valence-electron chi connectivity index (χ4n) is 2.18. The molecule has 1 aromatic rings. The van der Waals surface area contributed by atoms with E-state index >= 15 is 0 Å². The Morgan fingerprint density at radius 1 is 1.13 bits per heavy atom. The van der Waals surface area contributed by atoms with Crippen LogP contribution >= 0.6 is 0 Å². The highest BCUT2D eigenvalue weighted by atomic mass is 14.6. The summed E-state index contributed by atoms with van der Waals surface area (Å²) in [7, 11) is 0. The summed E-state index contributed by atoms with van der Waals surface area (Å²) in [6, 6.07) is 9.10. The SMILES string of the molecule is CCCc1ccc(CC2(CN)CC2)cc1. The van der Waals surface area contributed by atoms with Crippen molar-refractivity contribution in [1.29, 1.82) is 0 Å². The molecule has 1 nitrogen and oxygen atoms in total. The number of aryl methyl sites for hydroxylation is 1. The first kappa shape index (κ1) is 10.7. The molecule has 2 N–H and O–H groups in total. The normalized spacial score (nSPS) is 17.7. The molecule has 1 aromatic carbocycles. The highest BCUT2D eigenvalue weighted by molar-refractivity contribution is 5.24. The molecule has 0 amide bonds. The molecule has 0 aromatic heterocycles. The minimum atomic E-state index is 0.465. The number of hydrogen-bond donors (Lipinski definition) is 1. The lowest BCUT2D eigenvalue weighted by Crippen LogP contribution is -2.17. The Labute approximate surface area is 92.7 Å². The first-order valence-electron chi connectivity index (χ1n) is 6.06. The van der Waals surface area contributed by atoms with Crippen LogP contribution in [-0.2, 0) is 12.8 Å². The first-order chi connectivity index (χ1) is 7.28. The van der Waals surface area contributed by atoms with Crippen LogP contribution < -0.4 is 5.73 Å². The smallest absolute Gasteiger partial charge is 0.00173 e. The van der Waals surface area contributed by atoms with Crippen molar-refractivity contribution < 1.29 is 0 Å². The molecule has 0 radical (unpaired) electrons. The maximum absolute atomic E-state index is 5.79. The van der Waals surface area contributed by atoms with E-state index in [9.17, 15) is 0 Å². The van der Waals surface area contributed by atoms with Crippen molar-refractivity contribution in [1.82, 2.24) is 0 Å². The van der Waals surface area contributed by atoms with Crippen LogP contribution in [0.15, 0.2) is 24.3 Å². The average Bonchev–Trinajstić information content (AvgIpc) is 3.02. The lowest BCUT2D eigenvalue weighted by atomic mass is 9.95. The predicted octanol–water partition coefficient (Wildman–Crippen LogP) is 2.92. The van der Waals surface area contributed by atoms with Crippen molar-refractivity contribution >= 4 is 0 Å². The molecule has 1 heteroatoms. The molecular formula is C14H21N. The van der Waals surface area contributed by atoms with Gasteiger partial charge in [-0.2, -0.15) is 0 Å². The van der Waals surface area contributed by atoms with Crippen molar-refractivity contribution in [3.8, 4) is 0 Å². The van der Waals surface area contributed by atoms with Crippen molar-refractivity contribution in [2.24, 2.45) is 11.1 Å². The molecule has 82 valence electrons. The van der Waals surface area contributed by atoms with Crippen molar-refractivity contribution in [2.75, 3.05) is 6.54 Å². The van der Waals surface area contributed by atoms with Gasteiger partial charge >= 0.3 is 0 Å². The van der Waals surface area contributed by atoms with Gasteiger partial charge in [-0.15, -0.1) is 0 Å². The third-order valence-electron chi connectivity index (χ3n) is 3.53. The maximum atomic E-state index is 5.79. The summed E-state index contributed by atoms with van der Waals surface area (Å²) in [4.78, 5) is 0. The Morgan fingerprint density at radius 3 is 2.20 bits per heavy atom. The summed E-state index contributed by atoms with van der Waals surface area (Å²) in [6.45, 7) is 3.07. The Bertz CT molecular complexity index is 309. The van der Waals surface area contributed by atoms with Gasteiger partial charge in [-0.25, -0.2) is 0 Å². The average molecular weight is 203 g/mol. The second kappa shape index (κ2) is 4.36. The van der Waals surface area contributed by atoms with E-state index in [1.54, 1.807) is 0 Å². The standard InChI is InChI=1S/C14H21N/c1-2-3-12-4-6-13(7-5-12)10-14(11-15)8-9-14/h4-7H,2-3,8-11,15H2,1H3. The summed E-state index contributed by atoms with van der Waals surface area (Å²) in [5.74, 6) is 0.